The first-order valence-electron chi connectivity index (χ1n) is 9.23. The van der Waals surface area contributed by atoms with Crippen LogP contribution >= 0.6 is 11.3 Å². The molecule has 8 heteroatoms. The third-order valence-corrected chi connectivity index (χ3v) is 7.71. The van der Waals surface area contributed by atoms with E-state index in [1.54, 1.807) is 35.6 Å². The molecule has 6 nitrogen and oxygen atoms in total. The molecule has 0 atom stereocenters. The van der Waals surface area contributed by atoms with Crippen LogP contribution in [0.1, 0.15) is 34.6 Å². The van der Waals surface area contributed by atoms with Crippen LogP contribution in [0.2, 0.25) is 0 Å². The maximum absolute atomic E-state index is 13.1. The number of rotatable bonds is 4. The van der Waals surface area contributed by atoms with Crippen molar-refractivity contribution in [3.05, 3.63) is 53.0 Å². The second-order valence-corrected chi connectivity index (χ2v) is 9.97. The number of sulfonamides is 1. The lowest BCUT2D eigenvalue weighted by molar-refractivity contribution is 0.102. The molecule has 1 saturated heterocycles. The van der Waals surface area contributed by atoms with Gasteiger partial charge >= 0.3 is 0 Å². The first kappa shape index (κ1) is 19.0. The molecule has 0 bridgehead atoms. The average Bonchev–Trinajstić information content (AvgIpc) is 3.08. The zero-order chi connectivity index (χ0) is 19.7. The number of hydrogen-bond acceptors (Lipinski definition) is 5. The molecule has 0 aliphatic carbocycles. The summed E-state index contributed by atoms with van der Waals surface area (Å²) in [6, 6.07) is 11.9. The van der Waals surface area contributed by atoms with E-state index in [9.17, 15) is 13.2 Å². The van der Waals surface area contributed by atoms with Crippen molar-refractivity contribution in [1.29, 1.82) is 0 Å². The Morgan fingerprint density at radius 3 is 2.64 bits per heavy atom. The molecule has 0 radical (unpaired) electrons. The van der Waals surface area contributed by atoms with Crippen LogP contribution in [0, 0.1) is 6.92 Å². The largest absolute Gasteiger partial charge is 0.322 e. The Morgan fingerprint density at radius 2 is 1.86 bits per heavy atom. The molecule has 2 aromatic carbocycles. The van der Waals surface area contributed by atoms with Gasteiger partial charge in [0.05, 0.1) is 25.7 Å². The molecule has 2 heterocycles. The fourth-order valence-electron chi connectivity index (χ4n) is 3.44. The van der Waals surface area contributed by atoms with E-state index in [2.05, 4.69) is 10.3 Å². The molecule has 1 N–H and O–H groups in total. The number of fused-ring (bicyclic) bond motifs is 1. The first-order valence-corrected chi connectivity index (χ1v) is 11.5. The minimum absolute atomic E-state index is 0.0594. The van der Waals surface area contributed by atoms with E-state index in [1.807, 2.05) is 19.1 Å². The number of thiazole rings is 1. The van der Waals surface area contributed by atoms with Gasteiger partial charge in [-0.25, -0.2) is 13.4 Å². The molecule has 1 aliphatic heterocycles. The molecule has 1 aliphatic rings. The maximum Gasteiger partial charge on any atom is 0.257 e. The van der Waals surface area contributed by atoms with Crippen molar-refractivity contribution in [2.24, 2.45) is 0 Å². The van der Waals surface area contributed by atoms with Gasteiger partial charge < -0.3 is 5.32 Å². The molecule has 0 saturated carbocycles. The summed E-state index contributed by atoms with van der Waals surface area (Å²) < 4.78 is 28.6. The molecule has 0 unspecified atom stereocenters. The van der Waals surface area contributed by atoms with Crippen molar-refractivity contribution >= 4 is 43.2 Å². The summed E-state index contributed by atoms with van der Waals surface area (Å²) in [6.07, 6.45) is 2.73. The monoisotopic (exact) mass is 415 g/mol. The maximum atomic E-state index is 13.1. The van der Waals surface area contributed by atoms with Gasteiger partial charge in [0.25, 0.3) is 5.91 Å². The Kier molecular flexibility index (Phi) is 5.18. The molecule has 4 rings (SSSR count). The SMILES string of the molecule is Cc1nc2ccc(NC(=O)c3ccccc3S(=O)(=O)N3CCCCC3)cc2s1. The van der Waals surface area contributed by atoms with Gasteiger partial charge in [-0.1, -0.05) is 18.6 Å². The van der Waals surface area contributed by atoms with Crippen LogP contribution in [0.25, 0.3) is 10.2 Å². The van der Waals surface area contributed by atoms with E-state index in [-0.39, 0.29) is 10.5 Å². The number of carbonyl (C=O) groups excluding carboxylic acids is 1. The molecule has 146 valence electrons. The number of carbonyl (C=O) groups is 1. The second-order valence-electron chi connectivity index (χ2n) is 6.83. The number of nitrogens with one attached hydrogen (secondary N) is 1. The third kappa shape index (κ3) is 3.67. The lowest BCUT2D eigenvalue weighted by Crippen LogP contribution is -2.36. The molecule has 1 amide bonds. The molecule has 28 heavy (non-hydrogen) atoms. The van der Waals surface area contributed by atoms with Gasteiger partial charge in [0, 0.05) is 18.8 Å². The highest BCUT2D eigenvalue weighted by Crippen LogP contribution is 2.27. The molecule has 1 aromatic heterocycles. The number of aryl methyl sites for hydroxylation is 1. The summed E-state index contributed by atoms with van der Waals surface area (Å²) in [5.41, 5.74) is 1.66. The fraction of sp³-hybridized carbons (Fsp3) is 0.300. The zero-order valence-electron chi connectivity index (χ0n) is 15.5. The first-order chi connectivity index (χ1) is 13.4. The second kappa shape index (κ2) is 7.62. The van der Waals surface area contributed by atoms with Crippen LogP contribution < -0.4 is 5.32 Å². The van der Waals surface area contributed by atoms with Crippen LogP contribution in [0.4, 0.5) is 5.69 Å². The standard InChI is InChI=1S/C20H21N3O3S2/c1-14-21-17-10-9-15(13-18(17)27-14)22-20(24)16-7-3-4-8-19(16)28(25,26)23-11-5-2-6-12-23/h3-4,7-10,13H,2,5-6,11-12H2,1H3,(H,22,24). The number of nitrogens with zero attached hydrogens (tertiary/aromatic N) is 2. The van der Waals surface area contributed by atoms with E-state index in [4.69, 9.17) is 0 Å². The summed E-state index contributed by atoms with van der Waals surface area (Å²) in [7, 11) is -3.70. The summed E-state index contributed by atoms with van der Waals surface area (Å²) >= 11 is 1.55. The van der Waals surface area contributed by atoms with Crippen LogP contribution in [-0.4, -0.2) is 36.7 Å². The Morgan fingerprint density at radius 1 is 1.11 bits per heavy atom. The number of aromatic nitrogens is 1. The van der Waals surface area contributed by atoms with Crippen molar-refractivity contribution < 1.29 is 13.2 Å². The Bertz CT molecular complexity index is 1130. The summed E-state index contributed by atoms with van der Waals surface area (Å²) in [4.78, 5) is 17.4. The van der Waals surface area contributed by atoms with Gasteiger partial charge in [0.1, 0.15) is 0 Å². The highest BCUT2D eigenvalue weighted by molar-refractivity contribution is 7.89. The number of anilines is 1. The number of benzene rings is 2. The molecule has 0 spiro atoms. The third-order valence-electron chi connectivity index (χ3n) is 4.82. The predicted octanol–water partition coefficient (Wildman–Crippen LogP) is 4.03. The van der Waals surface area contributed by atoms with Gasteiger partial charge in [0.2, 0.25) is 10.0 Å². The van der Waals surface area contributed by atoms with Gasteiger partial charge in [-0.15, -0.1) is 11.3 Å². The van der Waals surface area contributed by atoms with Crippen molar-refractivity contribution in [1.82, 2.24) is 9.29 Å². The minimum atomic E-state index is -3.70. The average molecular weight is 416 g/mol. The van der Waals surface area contributed by atoms with Crippen LogP contribution in [-0.2, 0) is 10.0 Å². The summed E-state index contributed by atoms with van der Waals surface area (Å²) in [5, 5.41) is 3.79. The van der Waals surface area contributed by atoms with E-state index < -0.39 is 15.9 Å². The van der Waals surface area contributed by atoms with E-state index >= 15 is 0 Å². The smallest absolute Gasteiger partial charge is 0.257 e. The van der Waals surface area contributed by atoms with Crippen molar-refractivity contribution in [2.45, 2.75) is 31.1 Å². The molecular formula is C20H21N3O3S2. The summed E-state index contributed by atoms with van der Waals surface area (Å²) in [5.74, 6) is -0.434. The van der Waals surface area contributed by atoms with Crippen molar-refractivity contribution in [3.8, 4) is 0 Å². The van der Waals surface area contributed by atoms with Crippen LogP contribution in [0.5, 0.6) is 0 Å². The lowest BCUT2D eigenvalue weighted by Gasteiger charge is -2.26. The quantitative estimate of drug-likeness (QED) is 0.698. The van der Waals surface area contributed by atoms with E-state index in [0.717, 1.165) is 34.5 Å². The highest BCUT2D eigenvalue weighted by Gasteiger charge is 2.29. The number of piperidine rings is 1. The predicted molar refractivity (Wildman–Crippen MR) is 111 cm³/mol. The zero-order valence-corrected chi connectivity index (χ0v) is 17.1. The van der Waals surface area contributed by atoms with Crippen molar-refractivity contribution in [3.63, 3.8) is 0 Å². The van der Waals surface area contributed by atoms with E-state index in [0.29, 0.717) is 18.8 Å². The lowest BCUT2D eigenvalue weighted by atomic mass is 10.2. The van der Waals surface area contributed by atoms with E-state index in [1.165, 1.54) is 10.4 Å². The Hall–Kier alpha value is -2.29. The summed E-state index contributed by atoms with van der Waals surface area (Å²) in [6.45, 7) is 2.93. The number of amides is 1. The van der Waals surface area contributed by atoms with Gasteiger partial charge in [-0.3, -0.25) is 4.79 Å². The van der Waals surface area contributed by atoms with Gasteiger partial charge in [0.15, 0.2) is 0 Å². The molecule has 1 fully saturated rings. The Balaban J connectivity index is 1.64. The van der Waals surface area contributed by atoms with Crippen LogP contribution in [0.15, 0.2) is 47.4 Å². The highest BCUT2D eigenvalue weighted by atomic mass is 32.2. The minimum Gasteiger partial charge on any atom is -0.322 e. The van der Waals surface area contributed by atoms with Gasteiger partial charge in [-0.05, 0) is 50.1 Å². The van der Waals surface area contributed by atoms with Crippen molar-refractivity contribution in [2.75, 3.05) is 18.4 Å². The van der Waals surface area contributed by atoms with Gasteiger partial charge in [-0.2, -0.15) is 4.31 Å². The molecular weight excluding hydrogens is 394 g/mol. The fourth-order valence-corrected chi connectivity index (χ4v) is 6.01. The topological polar surface area (TPSA) is 79.4 Å². The van der Waals surface area contributed by atoms with Crippen LogP contribution in [0.3, 0.4) is 0 Å². The number of hydrogen-bond donors (Lipinski definition) is 1. The Labute approximate surface area is 168 Å². The molecule has 3 aromatic rings. The normalized spacial score (nSPS) is 15.6.